The molecule has 0 amide bonds. The number of hydrogen-bond donors (Lipinski definition) is 2. The summed E-state index contributed by atoms with van der Waals surface area (Å²) >= 11 is 1.77. The lowest BCUT2D eigenvalue weighted by Gasteiger charge is -2.48. The van der Waals surface area contributed by atoms with Gasteiger partial charge in [0.15, 0.2) is 0 Å². The molecule has 1 aliphatic carbocycles. The number of likely N-dealkylation sites (tertiary alicyclic amines) is 1. The van der Waals surface area contributed by atoms with Gasteiger partial charge in [-0.2, -0.15) is 0 Å². The molecular formula is C17H29N3S. The maximum Gasteiger partial charge on any atom is 0.0468 e. The van der Waals surface area contributed by atoms with E-state index in [1.54, 1.807) is 11.3 Å². The third kappa shape index (κ3) is 3.61. The van der Waals surface area contributed by atoms with E-state index in [1.165, 1.54) is 69.3 Å². The molecule has 2 fully saturated rings. The fraction of sp³-hybridized carbons (Fsp3) is 0.765. The van der Waals surface area contributed by atoms with Crippen LogP contribution in [0.5, 0.6) is 0 Å². The van der Waals surface area contributed by atoms with Crippen LogP contribution in [-0.4, -0.2) is 30.1 Å². The molecule has 3 N–H and O–H groups in total. The second-order valence-electron chi connectivity index (χ2n) is 6.74. The first-order chi connectivity index (χ1) is 10.3. The van der Waals surface area contributed by atoms with E-state index in [1.807, 2.05) is 6.07 Å². The molecule has 1 aromatic heterocycles. The van der Waals surface area contributed by atoms with Crippen LogP contribution in [0.2, 0.25) is 0 Å². The molecule has 1 saturated carbocycles. The number of nitrogens with one attached hydrogen (secondary N) is 1. The number of nitrogens with zero attached hydrogens (tertiary/aromatic N) is 1. The molecule has 1 aromatic rings. The second kappa shape index (κ2) is 7.12. The molecule has 0 spiro atoms. The molecule has 0 bridgehead atoms. The Bertz CT molecular complexity index is 431. The van der Waals surface area contributed by atoms with Crippen LogP contribution in [0.1, 0.15) is 56.2 Å². The number of anilines is 1. The monoisotopic (exact) mass is 307 g/mol. The van der Waals surface area contributed by atoms with Crippen LogP contribution >= 0.6 is 11.3 Å². The molecule has 0 aromatic carbocycles. The molecule has 2 aliphatic rings. The Kier molecular flexibility index (Phi) is 5.19. The number of nitrogen functional groups attached to an aromatic ring is 1. The van der Waals surface area contributed by atoms with Gasteiger partial charge >= 0.3 is 0 Å². The van der Waals surface area contributed by atoms with Crippen LogP contribution < -0.4 is 11.1 Å². The van der Waals surface area contributed by atoms with E-state index in [4.69, 9.17) is 5.73 Å². The first-order valence-corrected chi connectivity index (χ1v) is 9.46. The second-order valence-corrected chi connectivity index (χ2v) is 7.74. The quantitative estimate of drug-likeness (QED) is 0.873. The van der Waals surface area contributed by atoms with E-state index in [9.17, 15) is 0 Å². The van der Waals surface area contributed by atoms with Gasteiger partial charge < -0.3 is 11.1 Å². The Hall–Kier alpha value is -0.580. The van der Waals surface area contributed by atoms with Crippen molar-refractivity contribution in [3.8, 4) is 0 Å². The zero-order valence-electron chi connectivity index (χ0n) is 13.1. The smallest absolute Gasteiger partial charge is 0.0468 e. The molecule has 0 radical (unpaired) electrons. The normalized spacial score (nSPS) is 23.2. The summed E-state index contributed by atoms with van der Waals surface area (Å²) in [6, 6.07) is 2.02. The van der Waals surface area contributed by atoms with Gasteiger partial charge in [0.1, 0.15) is 0 Å². The number of piperidine rings is 1. The number of rotatable bonds is 5. The standard InChI is InChI=1S/C17H29N3S/c18-15-7-12-21-16(15)13-19-14-17(8-3-1-4-9-17)20-10-5-2-6-11-20/h7,12,19H,1-6,8-11,13-14,18H2. The molecule has 0 unspecified atom stereocenters. The summed E-state index contributed by atoms with van der Waals surface area (Å²) in [4.78, 5) is 4.10. The molecule has 3 rings (SSSR count). The fourth-order valence-corrected chi connectivity index (χ4v) is 4.85. The molecule has 2 heterocycles. The highest BCUT2D eigenvalue weighted by Gasteiger charge is 2.37. The number of hydrogen-bond acceptors (Lipinski definition) is 4. The van der Waals surface area contributed by atoms with Gasteiger partial charge in [-0.05, 0) is 50.2 Å². The van der Waals surface area contributed by atoms with Gasteiger partial charge in [-0.15, -0.1) is 11.3 Å². The fourth-order valence-electron chi connectivity index (χ4n) is 4.09. The van der Waals surface area contributed by atoms with Crippen molar-refractivity contribution in [1.29, 1.82) is 0 Å². The van der Waals surface area contributed by atoms with Gasteiger partial charge in [0, 0.05) is 29.2 Å². The van der Waals surface area contributed by atoms with Crippen molar-refractivity contribution < 1.29 is 0 Å². The Balaban J connectivity index is 1.60. The first-order valence-electron chi connectivity index (χ1n) is 8.58. The van der Waals surface area contributed by atoms with Crippen LogP contribution in [0.15, 0.2) is 11.4 Å². The van der Waals surface area contributed by atoms with Crippen LogP contribution in [0.4, 0.5) is 5.69 Å². The minimum absolute atomic E-state index is 0.421. The minimum Gasteiger partial charge on any atom is -0.398 e. The summed E-state index contributed by atoms with van der Waals surface area (Å²) in [7, 11) is 0. The molecule has 21 heavy (non-hydrogen) atoms. The largest absolute Gasteiger partial charge is 0.398 e. The van der Waals surface area contributed by atoms with Crippen molar-refractivity contribution in [3.63, 3.8) is 0 Å². The van der Waals surface area contributed by atoms with Gasteiger partial charge in [-0.3, -0.25) is 4.90 Å². The molecule has 118 valence electrons. The Morgan fingerprint density at radius 1 is 1.10 bits per heavy atom. The summed E-state index contributed by atoms with van der Waals surface area (Å²) in [5.74, 6) is 0. The maximum absolute atomic E-state index is 6.00. The van der Waals surface area contributed by atoms with E-state index in [2.05, 4.69) is 15.6 Å². The Labute approximate surface area is 132 Å². The summed E-state index contributed by atoms with van der Waals surface area (Å²) < 4.78 is 0. The van der Waals surface area contributed by atoms with E-state index in [0.29, 0.717) is 5.54 Å². The third-order valence-electron chi connectivity index (χ3n) is 5.33. The average Bonchev–Trinajstić information content (AvgIpc) is 2.95. The highest BCUT2D eigenvalue weighted by Crippen LogP contribution is 2.35. The average molecular weight is 308 g/mol. The van der Waals surface area contributed by atoms with Crippen molar-refractivity contribution >= 4 is 17.0 Å². The third-order valence-corrected chi connectivity index (χ3v) is 6.27. The summed E-state index contributed by atoms with van der Waals surface area (Å²) in [6.07, 6.45) is 11.2. The van der Waals surface area contributed by atoms with E-state index in [0.717, 1.165) is 18.8 Å². The van der Waals surface area contributed by atoms with Crippen LogP contribution in [0, 0.1) is 0 Å². The number of thiophene rings is 1. The molecular weight excluding hydrogens is 278 g/mol. The van der Waals surface area contributed by atoms with Crippen molar-refractivity contribution in [1.82, 2.24) is 10.2 Å². The van der Waals surface area contributed by atoms with Crippen LogP contribution in [-0.2, 0) is 6.54 Å². The maximum atomic E-state index is 6.00. The molecule has 3 nitrogen and oxygen atoms in total. The number of nitrogens with two attached hydrogens (primary N) is 1. The van der Waals surface area contributed by atoms with E-state index >= 15 is 0 Å². The first kappa shape index (κ1) is 15.3. The Morgan fingerprint density at radius 3 is 2.48 bits per heavy atom. The zero-order chi connectivity index (χ0) is 14.5. The molecule has 1 aliphatic heterocycles. The molecule has 1 saturated heterocycles. The van der Waals surface area contributed by atoms with Gasteiger partial charge in [0.25, 0.3) is 0 Å². The van der Waals surface area contributed by atoms with Crippen molar-refractivity contribution in [2.24, 2.45) is 0 Å². The summed E-state index contributed by atoms with van der Waals surface area (Å²) in [5, 5.41) is 5.82. The van der Waals surface area contributed by atoms with Gasteiger partial charge in [-0.1, -0.05) is 25.7 Å². The van der Waals surface area contributed by atoms with Gasteiger partial charge in [0.2, 0.25) is 0 Å². The van der Waals surface area contributed by atoms with Crippen molar-refractivity contribution in [3.05, 3.63) is 16.3 Å². The van der Waals surface area contributed by atoms with Crippen molar-refractivity contribution in [2.75, 3.05) is 25.4 Å². The predicted octanol–water partition coefficient (Wildman–Crippen LogP) is 3.61. The highest BCUT2D eigenvalue weighted by molar-refractivity contribution is 7.10. The predicted molar refractivity (Wildman–Crippen MR) is 91.7 cm³/mol. The van der Waals surface area contributed by atoms with Gasteiger partial charge in [0.05, 0.1) is 0 Å². The molecule has 0 atom stereocenters. The van der Waals surface area contributed by atoms with E-state index in [-0.39, 0.29) is 0 Å². The Morgan fingerprint density at radius 2 is 1.81 bits per heavy atom. The van der Waals surface area contributed by atoms with Crippen LogP contribution in [0.25, 0.3) is 0 Å². The highest BCUT2D eigenvalue weighted by atomic mass is 32.1. The summed E-state index contributed by atoms with van der Waals surface area (Å²) in [5.41, 5.74) is 7.36. The lowest BCUT2D eigenvalue weighted by molar-refractivity contribution is 0.0333. The lowest BCUT2D eigenvalue weighted by atomic mass is 9.79. The lowest BCUT2D eigenvalue weighted by Crippen LogP contribution is -2.57. The molecule has 4 heteroatoms. The summed E-state index contributed by atoms with van der Waals surface area (Å²) in [6.45, 7) is 4.68. The van der Waals surface area contributed by atoms with Crippen LogP contribution in [0.3, 0.4) is 0 Å². The minimum atomic E-state index is 0.421. The van der Waals surface area contributed by atoms with Crippen molar-refractivity contribution in [2.45, 2.75) is 63.5 Å². The van der Waals surface area contributed by atoms with E-state index < -0.39 is 0 Å². The topological polar surface area (TPSA) is 41.3 Å². The SMILES string of the molecule is Nc1ccsc1CNCC1(N2CCCCC2)CCCCC1. The zero-order valence-corrected chi connectivity index (χ0v) is 13.9. The van der Waals surface area contributed by atoms with Gasteiger partial charge in [-0.25, -0.2) is 0 Å².